The summed E-state index contributed by atoms with van der Waals surface area (Å²) < 4.78 is 17.7. The normalized spacial score (nSPS) is 9.81. The van der Waals surface area contributed by atoms with Crippen LogP contribution in [0.1, 0.15) is 10.4 Å². The van der Waals surface area contributed by atoms with Gasteiger partial charge in [0.2, 0.25) is 0 Å². The molecule has 0 radical (unpaired) electrons. The highest BCUT2D eigenvalue weighted by Crippen LogP contribution is 2.13. The number of ether oxygens (including phenoxy) is 1. The number of rotatable bonds is 2. The van der Waals surface area contributed by atoms with E-state index in [1.807, 2.05) is 6.07 Å². The summed E-state index contributed by atoms with van der Waals surface area (Å²) in [5.74, 6) is -0.484. The summed E-state index contributed by atoms with van der Waals surface area (Å²) in [6.45, 7) is 0. The van der Waals surface area contributed by atoms with Gasteiger partial charge in [-0.2, -0.15) is 0 Å². The second-order valence-electron chi connectivity index (χ2n) is 3.21. The van der Waals surface area contributed by atoms with Crippen LogP contribution in [0.25, 0.3) is 0 Å². The molecule has 80 valence electrons. The zero-order valence-corrected chi connectivity index (χ0v) is 8.39. The average molecular weight is 216 g/mol. The van der Waals surface area contributed by atoms with Gasteiger partial charge in [-0.1, -0.05) is 18.2 Å². The van der Waals surface area contributed by atoms with Crippen LogP contribution in [-0.2, 0) is 0 Å². The number of halogens is 1. The minimum atomic E-state index is -0.452. The van der Waals surface area contributed by atoms with E-state index in [2.05, 4.69) is 0 Å². The first-order valence-corrected chi connectivity index (χ1v) is 4.78. The fraction of sp³-hybridized carbons (Fsp3) is 0. The predicted molar refractivity (Wildman–Crippen MR) is 57.8 cm³/mol. The lowest BCUT2D eigenvalue weighted by Gasteiger charge is -2.03. The van der Waals surface area contributed by atoms with E-state index in [9.17, 15) is 9.18 Å². The predicted octanol–water partition coefficient (Wildman–Crippen LogP) is 3.04. The lowest BCUT2D eigenvalue weighted by molar-refractivity contribution is 0.0734. The van der Waals surface area contributed by atoms with Crippen molar-refractivity contribution in [1.29, 1.82) is 0 Å². The molecule has 0 fully saturated rings. The van der Waals surface area contributed by atoms with E-state index in [0.29, 0.717) is 11.3 Å². The number of hydrogen-bond acceptors (Lipinski definition) is 2. The molecule has 0 aliphatic rings. The third-order valence-electron chi connectivity index (χ3n) is 2.03. The van der Waals surface area contributed by atoms with E-state index >= 15 is 0 Å². The first-order chi connectivity index (χ1) is 7.75. The van der Waals surface area contributed by atoms with Crippen LogP contribution in [0.4, 0.5) is 4.39 Å². The molecule has 0 unspecified atom stereocenters. The standard InChI is InChI=1S/C13H9FO2/c14-11-6-8-12(9-7-11)16-13(15)10-4-2-1-3-5-10/h1-9H. The highest BCUT2D eigenvalue weighted by atomic mass is 19.1. The summed E-state index contributed by atoms with van der Waals surface area (Å²) >= 11 is 0. The summed E-state index contributed by atoms with van der Waals surface area (Å²) in [6, 6.07) is 13.9. The molecule has 3 heteroatoms. The van der Waals surface area contributed by atoms with Gasteiger partial charge in [-0.05, 0) is 36.4 Å². The summed E-state index contributed by atoms with van der Waals surface area (Å²) in [7, 11) is 0. The third kappa shape index (κ3) is 2.45. The van der Waals surface area contributed by atoms with E-state index in [1.165, 1.54) is 24.3 Å². The molecule has 0 atom stereocenters. The van der Waals surface area contributed by atoms with E-state index < -0.39 is 5.97 Å². The number of carbonyl (C=O) groups excluding carboxylic acids is 1. The Hall–Kier alpha value is -2.16. The lowest BCUT2D eigenvalue weighted by atomic mass is 10.2. The Balaban J connectivity index is 2.11. The summed E-state index contributed by atoms with van der Waals surface area (Å²) in [6.07, 6.45) is 0. The van der Waals surface area contributed by atoms with Crippen LogP contribution in [0.5, 0.6) is 5.75 Å². The summed E-state index contributed by atoms with van der Waals surface area (Å²) in [4.78, 5) is 11.6. The quantitative estimate of drug-likeness (QED) is 0.569. The Bertz CT molecular complexity index is 477. The molecule has 0 aliphatic heterocycles. The highest BCUT2D eigenvalue weighted by molar-refractivity contribution is 5.90. The Labute approximate surface area is 92.3 Å². The van der Waals surface area contributed by atoms with E-state index in [0.717, 1.165) is 0 Å². The second kappa shape index (κ2) is 4.57. The van der Waals surface area contributed by atoms with Gasteiger partial charge in [-0.3, -0.25) is 0 Å². The van der Waals surface area contributed by atoms with Crippen molar-refractivity contribution in [2.24, 2.45) is 0 Å². The monoisotopic (exact) mass is 216 g/mol. The van der Waals surface area contributed by atoms with Gasteiger partial charge in [0.05, 0.1) is 5.56 Å². The number of carbonyl (C=O) groups is 1. The van der Waals surface area contributed by atoms with Crippen molar-refractivity contribution < 1.29 is 13.9 Å². The zero-order valence-electron chi connectivity index (χ0n) is 8.39. The molecule has 0 saturated heterocycles. The lowest BCUT2D eigenvalue weighted by Crippen LogP contribution is -2.07. The molecule has 0 amide bonds. The molecule has 2 aromatic rings. The van der Waals surface area contributed by atoms with Crippen LogP contribution in [-0.4, -0.2) is 5.97 Å². The van der Waals surface area contributed by atoms with Crippen molar-refractivity contribution >= 4 is 5.97 Å². The smallest absolute Gasteiger partial charge is 0.343 e. The molecular weight excluding hydrogens is 207 g/mol. The first-order valence-electron chi connectivity index (χ1n) is 4.78. The molecule has 0 saturated carbocycles. The molecular formula is C13H9FO2. The van der Waals surface area contributed by atoms with Crippen LogP contribution in [0, 0.1) is 5.82 Å². The molecule has 16 heavy (non-hydrogen) atoms. The van der Waals surface area contributed by atoms with Gasteiger partial charge in [0.15, 0.2) is 0 Å². The van der Waals surface area contributed by atoms with Crippen LogP contribution < -0.4 is 4.74 Å². The topological polar surface area (TPSA) is 26.3 Å². The Kier molecular flexibility index (Phi) is 2.96. The van der Waals surface area contributed by atoms with Crippen molar-refractivity contribution in [2.45, 2.75) is 0 Å². The van der Waals surface area contributed by atoms with Gasteiger partial charge in [0.25, 0.3) is 0 Å². The van der Waals surface area contributed by atoms with Crippen LogP contribution in [0.3, 0.4) is 0 Å². The molecule has 0 aliphatic carbocycles. The third-order valence-corrected chi connectivity index (χ3v) is 2.03. The Morgan fingerprint density at radius 2 is 1.56 bits per heavy atom. The van der Waals surface area contributed by atoms with Crippen LogP contribution in [0.2, 0.25) is 0 Å². The van der Waals surface area contributed by atoms with Gasteiger partial charge in [0.1, 0.15) is 11.6 Å². The Morgan fingerprint density at radius 3 is 2.19 bits per heavy atom. The number of hydrogen-bond donors (Lipinski definition) is 0. The van der Waals surface area contributed by atoms with E-state index in [4.69, 9.17) is 4.74 Å². The maximum Gasteiger partial charge on any atom is 0.343 e. The molecule has 2 rings (SSSR count). The van der Waals surface area contributed by atoms with Crippen molar-refractivity contribution in [3.63, 3.8) is 0 Å². The SMILES string of the molecule is O=C(Oc1ccc(F)cc1)c1ccccc1. The molecule has 0 N–H and O–H groups in total. The molecule has 2 nitrogen and oxygen atoms in total. The minimum Gasteiger partial charge on any atom is -0.423 e. The maximum atomic E-state index is 12.6. The molecule has 0 heterocycles. The summed E-state index contributed by atoms with van der Waals surface area (Å²) in [5.41, 5.74) is 0.465. The average Bonchev–Trinajstić information content (AvgIpc) is 2.33. The van der Waals surface area contributed by atoms with E-state index in [-0.39, 0.29) is 5.82 Å². The molecule has 0 aromatic heterocycles. The van der Waals surface area contributed by atoms with Crippen molar-refractivity contribution in [3.05, 3.63) is 66.0 Å². The Morgan fingerprint density at radius 1 is 0.938 bits per heavy atom. The molecule has 0 bridgehead atoms. The number of benzene rings is 2. The zero-order chi connectivity index (χ0) is 11.4. The maximum absolute atomic E-state index is 12.6. The minimum absolute atomic E-state index is 0.329. The van der Waals surface area contributed by atoms with Gasteiger partial charge < -0.3 is 4.74 Å². The van der Waals surface area contributed by atoms with Crippen molar-refractivity contribution in [2.75, 3.05) is 0 Å². The van der Waals surface area contributed by atoms with Crippen LogP contribution >= 0.6 is 0 Å². The van der Waals surface area contributed by atoms with Gasteiger partial charge in [0, 0.05) is 0 Å². The van der Waals surface area contributed by atoms with Crippen molar-refractivity contribution in [3.8, 4) is 5.75 Å². The van der Waals surface area contributed by atoms with Gasteiger partial charge in [-0.15, -0.1) is 0 Å². The second-order valence-corrected chi connectivity index (χ2v) is 3.21. The largest absolute Gasteiger partial charge is 0.423 e. The molecule has 0 spiro atoms. The molecule has 2 aromatic carbocycles. The highest BCUT2D eigenvalue weighted by Gasteiger charge is 2.07. The summed E-state index contributed by atoms with van der Waals surface area (Å²) in [5, 5.41) is 0. The van der Waals surface area contributed by atoms with Crippen molar-refractivity contribution in [1.82, 2.24) is 0 Å². The first kappa shape index (κ1) is 10.4. The van der Waals surface area contributed by atoms with E-state index in [1.54, 1.807) is 24.3 Å². The van der Waals surface area contributed by atoms with Crippen LogP contribution in [0.15, 0.2) is 54.6 Å². The van der Waals surface area contributed by atoms with Gasteiger partial charge in [-0.25, -0.2) is 9.18 Å². The van der Waals surface area contributed by atoms with Gasteiger partial charge >= 0.3 is 5.97 Å². The fourth-order valence-electron chi connectivity index (χ4n) is 1.24. The fourth-order valence-corrected chi connectivity index (χ4v) is 1.24. The number of esters is 1.